The van der Waals surface area contributed by atoms with Crippen LogP contribution in [0.1, 0.15) is 32.6 Å². The molecule has 0 N–H and O–H groups in total. The van der Waals surface area contributed by atoms with E-state index in [4.69, 9.17) is 9.47 Å². The van der Waals surface area contributed by atoms with Gasteiger partial charge in [0.05, 0.1) is 12.7 Å². The van der Waals surface area contributed by atoms with Crippen LogP contribution in [0.3, 0.4) is 0 Å². The summed E-state index contributed by atoms with van der Waals surface area (Å²) in [4.78, 5) is 0. The Bertz CT molecular complexity index is 189. The molecule has 0 aromatic carbocycles. The van der Waals surface area contributed by atoms with Crippen molar-refractivity contribution in [1.82, 2.24) is 0 Å². The predicted octanol–water partition coefficient (Wildman–Crippen LogP) is 2.49. The zero-order valence-electron chi connectivity index (χ0n) is 8.24. The summed E-state index contributed by atoms with van der Waals surface area (Å²) >= 11 is 0. The van der Waals surface area contributed by atoms with Crippen molar-refractivity contribution in [1.29, 1.82) is 0 Å². The van der Waals surface area contributed by atoms with Crippen molar-refractivity contribution in [3.05, 3.63) is 12.2 Å². The van der Waals surface area contributed by atoms with Crippen LogP contribution in [-0.4, -0.2) is 19.0 Å². The van der Waals surface area contributed by atoms with Crippen LogP contribution in [0.5, 0.6) is 0 Å². The molecule has 1 aliphatic carbocycles. The first-order chi connectivity index (χ1) is 6.36. The number of ether oxygens (including phenoxy) is 2. The largest absolute Gasteiger partial charge is 0.352 e. The fourth-order valence-electron chi connectivity index (χ4n) is 2.00. The molecule has 13 heavy (non-hydrogen) atoms. The van der Waals surface area contributed by atoms with Gasteiger partial charge in [0, 0.05) is 5.92 Å². The van der Waals surface area contributed by atoms with Gasteiger partial charge < -0.3 is 9.47 Å². The fraction of sp³-hybridized carbons (Fsp3) is 0.818. The maximum absolute atomic E-state index is 5.77. The van der Waals surface area contributed by atoms with Gasteiger partial charge >= 0.3 is 0 Å². The van der Waals surface area contributed by atoms with Gasteiger partial charge in [-0.1, -0.05) is 12.2 Å². The van der Waals surface area contributed by atoms with Crippen LogP contribution < -0.4 is 0 Å². The molecule has 0 saturated carbocycles. The maximum Gasteiger partial charge on any atom is 0.161 e. The molecule has 0 unspecified atom stereocenters. The van der Waals surface area contributed by atoms with Gasteiger partial charge in [0.25, 0.3) is 0 Å². The molecule has 1 aliphatic heterocycles. The minimum atomic E-state index is 0.0636. The third kappa shape index (κ3) is 2.32. The Morgan fingerprint density at radius 1 is 1.23 bits per heavy atom. The molecule has 0 aromatic rings. The number of hydrogen-bond acceptors (Lipinski definition) is 2. The summed E-state index contributed by atoms with van der Waals surface area (Å²) in [7, 11) is 0. The van der Waals surface area contributed by atoms with Crippen molar-refractivity contribution >= 4 is 0 Å². The van der Waals surface area contributed by atoms with Crippen LogP contribution >= 0.6 is 0 Å². The fourth-order valence-corrected chi connectivity index (χ4v) is 2.00. The third-order valence-electron chi connectivity index (χ3n) is 2.87. The number of hydrogen-bond donors (Lipinski definition) is 0. The van der Waals surface area contributed by atoms with Crippen LogP contribution in [0.15, 0.2) is 12.2 Å². The molecular weight excluding hydrogens is 164 g/mol. The van der Waals surface area contributed by atoms with Crippen LogP contribution in [0.2, 0.25) is 0 Å². The van der Waals surface area contributed by atoms with E-state index in [1.807, 2.05) is 0 Å². The van der Waals surface area contributed by atoms with Crippen molar-refractivity contribution in [3.8, 4) is 0 Å². The van der Waals surface area contributed by atoms with Crippen molar-refractivity contribution in [2.45, 2.75) is 45.0 Å². The van der Waals surface area contributed by atoms with E-state index in [2.05, 4.69) is 19.1 Å². The summed E-state index contributed by atoms with van der Waals surface area (Å²) in [6, 6.07) is 0. The Balaban J connectivity index is 1.88. The Kier molecular flexibility index (Phi) is 3.01. The monoisotopic (exact) mass is 182 g/mol. The lowest BCUT2D eigenvalue weighted by molar-refractivity contribution is -0.232. The second-order valence-electron chi connectivity index (χ2n) is 4.02. The highest BCUT2D eigenvalue weighted by Crippen LogP contribution is 2.27. The van der Waals surface area contributed by atoms with E-state index in [-0.39, 0.29) is 6.29 Å². The lowest BCUT2D eigenvalue weighted by Crippen LogP contribution is -2.36. The van der Waals surface area contributed by atoms with E-state index in [9.17, 15) is 0 Å². The molecule has 2 aliphatic rings. The highest BCUT2D eigenvalue weighted by molar-refractivity contribution is 4.91. The minimum absolute atomic E-state index is 0.0636. The minimum Gasteiger partial charge on any atom is -0.352 e. The zero-order valence-corrected chi connectivity index (χ0v) is 8.24. The van der Waals surface area contributed by atoms with Gasteiger partial charge in [-0.2, -0.15) is 0 Å². The topological polar surface area (TPSA) is 18.5 Å². The Labute approximate surface area is 79.9 Å². The van der Waals surface area contributed by atoms with Gasteiger partial charge in [0.2, 0.25) is 0 Å². The lowest BCUT2D eigenvalue weighted by Gasteiger charge is -2.34. The second-order valence-corrected chi connectivity index (χ2v) is 4.02. The molecule has 1 fully saturated rings. The molecule has 1 saturated heterocycles. The highest BCUT2D eigenvalue weighted by atomic mass is 16.7. The van der Waals surface area contributed by atoms with Crippen molar-refractivity contribution in [2.75, 3.05) is 6.61 Å². The van der Waals surface area contributed by atoms with Gasteiger partial charge in [-0.3, -0.25) is 0 Å². The molecule has 0 bridgehead atoms. The van der Waals surface area contributed by atoms with Crippen LogP contribution in [0.4, 0.5) is 0 Å². The average molecular weight is 182 g/mol. The van der Waals surface area contributed by atoms with Crippen LogP contribution in [0.25, 0.3) is 0 Å². The Hall–Kier alpha value is -0.340. The first-order valence-electron chi connectivity index (χ1n) is 5.28. The second kappa shape index (κ2) is 4.25. The molecule has 0 spiro atoms. The standard InChI is InChI=1S/C11H18O2/c1-9-7-8-12-11(13-9)10-5-3-2-4-6-10/h2-3,9-11H,4-8H2,1H3/t9-,10-,11-/m0/s1. The maximum atomic E-state index is 5.77. The Morgan fingerprint density at radius 3 is 2.85 bits per heavy atom. The van der Waals surface area contributed by atoms with Crippen molar-refractivity contribution < 1.29 is 9.47 Å². The van der Waals surface area contributed by atoms with Crippen LogP contribution in [-0.2, 0) is 9.47 Å². The van der Waals surface area contributed by atoms with Crippen molar-refractivity contribution in [2.24, 2.45) is 5.92 Å². The van der Waals surface area contributed by atoms with E-state index in [1.54, 1.807) is 0 Å². The zero-order chi connectivity index (χ0) is 9.10. The molecule has 2 rings (SSSR count). The molecule has 3 atom stereocenters. The van der Waals surface area contributed by atoms with Crippen molar-refractivity contribution in [3.63, 3.8) is 0 Å². The number of allylic oxidation sites excluding steroid dienone is 2. The van der Waals surface area contributed by atoms with Gasteiger partial charge in [-0.05, 0) is 32.6 Å². The quantitative estimate of drug-likeness (QED) is 0.580. The van der Waals surface area contributed by atoms with Crippen LogP contribution in [0, 0.1) is 5.92 Å². The molecule has 2 nitrogen and oxygen atoms in total. The van der Waals surface area contributed by atoms with Gasteiger partial charge in [-0.15, -0.1) is 0 Å². The normalized spacial score (nSPS) is 40.5. The molecule has 74 valence electrons. The number of rotatable bonds is 1. The van der Waals surface area contributed by atoms with Gasteiger partial charge in [0.1, 0.15) is 0 Å². The predicted molar refractivity (Wildman–Crippen MR) is 51.4 cm³/mol. The first kappa shape index (κ1) is 9.22. The molecule has 0 radical (unpaired) electrons. The average Bonchev–Trinajstić information content (AvgIpc) is 2.19. The molecular formula is C11H18O2. The van der Waals surface area contributed by atoms with E-state index in [0.29, 0.717) is 12.0 Å². The van der Waals surface area contributed by atoms with Gasteiger partial charge in [-0.25, -0.2) is 0 Å². The lowest BCUT2D eigenvalue weighted by atomic mass is 9.93. The smallest absolute Gasteiger partial charge is 0.161 e. The summed E-state index contributed by atoms with van der Waals surface area (Å²) in [5, 5.41) is 0. The molecule has 0 aromatic heterocycles. The van der Waals surface area contributed by atoms with Gasteiger partial charge in [0.15, 0.2) is 6.29 Å². The molecule has 2 heteroatoms. The molecule has 0 amide bonds. The summed E-state index contributed by atoms with van der Waals surface area (Å²) in [5.41, 5.74) is 0. The summed E-state index contributed by atoms with van der Waals surface area (Å²) in [6.07, 6.45) is 9.51. The Morgan fingerprint density at radius 2 is 2.15 bits per heavy atom. The first-order valence-corrected chi connectivity index (χ1v) is 5.28. The van der Waals surface area contributed by atoms with E-state index < -0.39 is 0 Å². The SMILES string of the molecule is C[C@H]1CCO[C@H]([C@H]2CC=CCC2)O1. The van der Waals surface area contributed by atoms with E-state index in [1.165, 1.54) is 12.8 Å². The molecule has 1 heterocycles. The van der Waals surface area contributed by atoms with E-state index in [0.717, 1.165) is 19.4 Å². The summed E-state index contributed by atoms with van der Waals surface area (Å²) in [5.74, 6) is 0.591. The summed E-state index contributed by atoms with van der Waals surface area (Å²) in [6.45, 7) is 3.00. The van der Waals surface area contributed by atoms with E-state index >= 15 is 0 Å². The summed E-state index contributed by atoms with van der Waals surface area (Å²) < 4.78 is 11.4. The third-order valence-corrected chi connectivity index (χ3v) is 2.87. The highest BCUT2D eigenvalue weighted by Gasteiger charge is 2.27.